The van der Waals surface area contributed by atoms with E-state index in [1.807, 2.05) is 0 Å². The minimum absolute atomic E-state index is 0.174. The highest BCUT2D eigenvalue weighted by molar-refractivity contribution is 5.79. The van der Waals surface area contributed by atoms with Crippen LogP contribution in [-0.2, 0) is 11.3 Å². The van der Waals surface area contributed by atoms with Crippen LogP contribution in [0.5, 0.6) is 0 Å². The Labute approximate surface area is 155 Å². The molecular formula is C17H16FN3O7. The van der Waals surface area contributed by atoms with Gasteiger partial charge in [0, 0.05) is 17.6 Å². The first kappa shape index (κ1) is 18.5. The topological polar surface area (TPSA) is 140 Å². The van der Waals surface area contributed by atoms with Crippen molar-refractivity contribution in [2.24, 2.45) is 0 Å². The zero-order valence-corrected chi connectivity index (χ0v) is 14.3. The largest absolute Gasteiger partial charge is 0.394 e. The Kier molecular flexibility index (Phi) is 4.59. The van der Waals surface area contributed by atoms with Gasteiger partial charge in [-0.15, -0.1) is 0 Å². The molecule has 0 spiro atoms. The van der Waals surface area contributed by atoms with Crippen molar-refractivity contribution in [1.29, 1.82) is 0 Å². The first-order valence-electron chi connectivity index (χ1n) is 8.39. The lowest BCUT2D eigenvalue weighted by Gasteiger charge is -2.18. The maximum Gasteiger partial charge on any atom is 0.333 e. The Hall–Kier alpha value is -2.86. The number of halogens is 1. The van der Waals surface area contributed by atoms with Crippen LogP contribution >= 0.6 is 0 Å². The molecule has 0 saturated carbocycles. The number of aromatic nitrogens is 3. The van der Waals surface area contributed by atoms with Crippen LogP contribution in [-0.4, -0.2) is 54.5 Å². The molecule has 28 heavy (non-hydrogen) atoms. The molecule has 0 unspecified atom stereocenters. The zero-order chi connectivity index (χ0) is 20.0. The predicted molar refractivity (Wildman–Crippen MR) is 91.0 cm³/mol. The van der Waals surface area contributed by atoms with Crippen LogP contribution in [0.2, 0.25) is 0 Å². The molecule has 1 aliphatic heterocycles. The minimum atomic E-state index is -1.48. The summed E-state index contributed by atoms with van der Waals surface area (Å²) < 4.78 is 25.7. The number of aliphatic hydroxyl groups is 3. The van der Waals surface area contributed by atoms with Crippen LogP contribution in [0.25, 0.3) is 11.0 Å². The third-order valence-electron chi connectivity index (χ3n) is 4.70. The van der Waals surface area contributed by atoms with E-state index >= 15 is 0 Å². The van der Waals surface area contributed by atoms with Crippen LogP contribution in [0.15, 0.2) is 44.6 Å². The number of rotatable bonds is 4. The van der Waals surface area contributed by atoms with Gasteiger partial charge in [0.1, 0.15) is 29.8 Å². The summed E-state index contributed by atoms with van der Waals surface area (Å²) in [6, 6.07) is 4.84. The summed E-state index contributed by atoms with van der Waals surface area (Å²) in [7, 11) is 0. The van der Waals surface area contributed by atoms with Gasteiger partial charge in [-0.3, -0.25) is 13.9 Å². The number of nitrogens with zero attached hydrogens (tertiary/aromatic N) is 3. The number of ether oxygens (including phenoxy) is 1. The fourth-order valence-electron chi connectivity index (χ4n) is 3.21. The highest BCUT2D eigenvalue weighted by Crippen LogP contribution is 2.28. The van der Waals surface area contributed by atoms with Crippen molar-refractivity contribution in [2.75, 3.05) is 6.61 Å². The first-order valence-corrected chi connectivity index (χ1v) is 8.39. The maximum absolute atomic E-state index is 13.5. The molecule has 1 aliphatic rings. The van der Waals surface area contributed by atoms with Gasteiger partial charge in [-0.2, -0.15) is 0 Å². The van der Waals surface area contributed by atoms with Crippen molar-refractivity contribution in [1.82, 2.24) is 14.3 Å². The number of aliphatic hydroxyl groups excluding tert-OH is 3. The lowest BCUT2D eigenvalue weighted by molar-refractivity contribution is -0.0555. The van der Waals surface area contributed by atoms with E-state index in [9.17, 15) is 29.3 Å². The molecule has 0 amide bonds. The van der Waals surface area contributed by atoms with Gasteiger partial charge in [0.2, 0.25) is 0 Å². The molecule has 0 aliphatic carbocycles. The molecule has 1 saturated heterocycles. The molecule has 3 N–H and O–H groups in total. The summed E-state index contributed by atoms with van der Waals surface area (Å²) in [6.45, 7) is -0.858. The Morgan fingerprint density at radius 3 is 2.68 bits per heavy atom. The third-order valence-corrected chi connectivity index (χ3v) is 4.70. The molecule has 4 atom stereocenters. The molecule has 0 radical (unpaired) electrons. The van der Waals surface area contributed by atoms with Gasteiger partial charge in [-0.25, -0.2) is 9.18 Å². The second-order valence-electron chi connectivity index (χ2n) is 6.43. The SMILES string of the molecule is O=c1ccn([C@@H]2O[C@H](CO)[C@H](O)[C@@H]2O)c(=O)n1Cc1noc2ccc(F)cc12. The van der Waals surface area contributed by atoms with Crippen molar-refractivity contribution >= 4 is 11.0 Å². The van der Waals surface area contributed by atoms with Gasteiger partial charge in [0.05, 0.1) is 13.2 Å². The van der Waals surface area contributed by atoms with Gasteiger partial charge < -0.3 is 24.6 Å². The highest BCUT2D eigenvalue weighted by atomic mass is 19.1. The summed E-state index contributed by atoms with van der Waals surface area (Å²) >= 11 is 0. The van der Waals surface area contributed by atoms with Crippen molar-refractivity contribution in [3.05, 3.63) is 62.8 Å². The van der Waals surface area contributed by atoms with Crippen molar-refractivity contribution in [3.8, 4) is 0 Å². The van der Waals surface area contributed by atoms with Crippen LogP contribution in [0.1, 0.15) is 11.9 Å². The van der Waals surface area contributed by atoms with E-state index in [-0.39, 0.29) is 12.2 Å². The van der Waals surface area contributed by atoms with Crippen LogP contribution in [0, 0.1) is 5.82 Å². The predicted octanol–water partition coefficient (Wildman–Crippen LogP) is -1.05. The van der Waals surface area contributed by atoms with Gasteiger partial charge in [-0.05, 0) is 18.2 Å². The molecule has 1 fully saturated rings. The van der Waals surface area contributed by atoms with Crippen LogP contribution in [0.4, 0.5) is 4.39 Å². The number of benzene rings is 1. The molecule has 10 nitrogen and oxygen atoms in total. The Morgan fingerprint density at radius 1 is 1.18 bits per heavy atom. The van der Waals surface area contributed by atoms with E-state index in [0.717, 1.165) is 21.4 Å². The average molecular weight is 393 g/mol. The zero-order valence-electron chi connectivity index (χ0n) is 14.3. The Morgan fingerprint density at radius 2 is 1.96 bits per heavy atom. The third kappa shape index (κ3) is 2.94. The number of fused-ring (bicyclic) bond motifs is 1. The second-order valence-corrected chi connectivity index (χ2v) is 6.43. The van der Waals surface area contributed by atoms with Crippen LogP contribution < -0.4 is 11.2 Å². The molecular weight excluding hydrogens is 377 g/mol. The fraction of sp³-hybridized carbons (Fsp3) is 0.353. The first-order chi connectivity index (χ1) is 13.4. The normalized spacial score (nSPS) is 24.9. The maximum atomic E-state index is 13.5. The molecule has 1 aromatic carbocycles. The van der Waals surface area contributed by atoms with Gasteiger partial charge in [-0.1, -0.05) is 5.16 Å². The van der Waals surface area contributed by atoms with E-state index in [1.165, 1.54) is 18.2 Å². The monoisotopic (exact) mass is 393 g/mol. The van der Waals surface area contributed by atoms with Gasteiger partial charge in [0.25, 0.3) is 5.56 Å². The molecule has 2 aromatic heterocycles. The molecule has 148 valence electrons. The van der Waals surface area contributed by atoms with E-state index < -0.39 is 48.2 Å². The van der Waals surface area contributed by atoms with E-state index in [0.29, 0.717) is 11.0 Å². The van der Waals surface area contributed by atoms with E-state index in [4.69, 9.17) is 9.26 Å². The highest BCUT2D eigenvalue weighted by Gasteiger charge is 2.43. The standard InChI is InChI=1S/C17H16FN3O7/c18-8-1-2-11-9(5-8)10(19-28-11)6-21-13(23)3-4-20(17(21)26)16-15(25)14(24)12(7-22)27-16/h1-5,12,14-16,22,24-25H,6-7H2/t12-,14+,15+,16-/m1/s1. The average Bonchev–Trinajstić information content (AvgIpc) is 3.20. The lowest BCUT2D eigenvalue weighted by Crippen LogP contribution is -2.43. The molecule has 0 bridgehead atoms. The number of hydrogen-bond acceptors (Lipinski definition) is 8. The lowest BCUT2D eigenvalue weighted by atomic mass is 10.1. The smallest absolute Gasteiger partial charge is 0.333 e. The van der Waals surface area contributed by atoms with E-state index in [1.54, 1.807) is 0 Å². The Bertz CT molecular complexity index is 1140. The second kappa shape index (κ2) is 6.95. The Balaban J connectivity index is 1.74. The van der Waals surface area contributed by atoms with Crippen LogP contribution in [0.3, 0.4) is 0 Å². The number of hydrogen-bond donors (Lipinski definition) is 3. The molecule has 3 heterocycles. The summed E-state index contributed by atoms with van der Waals surface area (Å²) in [6.07, 6.45) is -4.12. The summed E-state index contributed by atoms with van der Waals surface area (Å²) in [5, 5.41) is 33.3. The molecule has 11 heteroatoms. The van der Waals surface area contributed by atoms with Crippen molar-refractivity contribution < 1.29 is 29.0 Å². The quantitative estimate of drug-likeness (QED) is 0.510. The van der Waals surface area contributed by atoms with Gasteiger partial charge >= 0.3 is 5.69 Å². The minimum Gasteiger partial charge on any atom is -0.394 e. The summed E-state index contributed by atoms with van der Waals surface area (Å²) in [5.41, 5.74) is -1.02. The molecule has 3 aromatic rings. The van der Waals surface area contributed by atoms with Gasteiger partial charge in [0.15, 0.2) is 11.8 Å². The fourth-order valence-corrected chi connectivity index (χ4v) is 3.21. The van der Waals surface area contributed by atoms with Crippen molar-refractivity contribution in [3.63, 3.8) is 0 Å². The summed E-state index contributed by atoms with van der Waals surface area (Å²) in [5.74, 6) is -0.527. The van der Waals surface area contributed by atoms with Crippen molar-refractivity contribution in [2.45, 2.75) is 31.1 Å². The summed E-state index contributed by atoms with van der Waals surface area (Å²) in [4.78, 5) is 25.0. The molecule has 4 rings (SSSR count). The van der Waals surface area contributed by atoms with E-state index in [2.05, 4.69) is 5.16 Å².